The van der Waals surface area contributed by atoms with Gasteiger partial charge in [-0.3, -0.25) is 14.6 Å². The van der Waals surface area contributed by atoms with Crippen molar-refractivity contribution >= 4 is 27.5 Å². The molecule has 4 aromatic rings. The van der Waals surface area contributed by atoms with Crippen molar-refractivity contribution in [1.82, 2.24) is 24.6 Å². The standard InChI is InChI=1S/C22H21N5O2S/c1-14-17(13-23-27(14)22-24-18-9-12-30-19(18)20(28)25-22)21(29)26-10-7-16(8-11-26)15-5-3-2-4-6-15/h2-6,9,12-13,16H,7-8,10-11H2,1H3,(H,24,25,28). The van der Waals surface area contributed by atoms with Crippen LogP contribution in [0.5, 0.6) is 0 Å². The van der Waals surface area contributed by atoms with Gasteiger partial charge in [-0.25, -0.2) is 9.67 Å². The van der Waals surface area contributed by atoms with E-state index in [2.05, 4.69) is 39.3 Å². The van der Waals surface area contributed by atoms with Gasteiger partial charge in [0, 0.05) is 13.1 Å². The molecule has 1 saturated heterocycles. The summed E-state index contributed by atoms with van der Waals surface area (Å²) >= 11 is 1.35. The molecule has 3 aromatic heterocycles. The van der Waals surface area contributed by atoms with E-state index in [9.17, 15) is 9.59 Å². The largest absolute Gasteiger partial charge is 0.338 e. The minimum absolute atomic E-state index is 0.0239. The van der Waals surface area contributed by atoms with Gasteiger partial charge in [-0.15, -0.1) is 11.3 Å². The fraction of sp³-hybridized carbons (Fsp3) is 0.273. The van der Waals surface area contributed by atoms with Crippen molar-refractivity contribution in [2.75, 3.05) is 13.1 Å². The van der Waals surface area contributed by atoms with E-state index in [1.165, 1.54) is 21.6 Å². The highest BCUT2D eigenvalue weighted by molar-refractivity contribution is 7.17. The number of rotatable bonds is 3. The SMILES string of the molecule is Cc1c(C(=O)N2CCC(c3ccccc3)CC2)cnn1-c1nc2ccsc2c(=O)[nH]1. The number of H-pyrrole nitrogens is 1. The summed E-state index contributed by atoms with van der Waals surface area (Å²) in [5, 5.41) is 6.17. The van der Waals surface area contributed by atoms with Gasteiger partial charge in [0.2, 0.25) is 5.95 Å². The summed E-state index contributed by atoms with van der Waals surface area (Å²) in [6.45, 7) is 3.27. The van der Waals surface area contributed by atoms with Crippen LogP contribution in [-0.4, -0.2) is 43.6 Å². The van der Waals surface area contributed by atoms with Gasteiger partial charge < -0.3 is 4.90 Å². The van der Waals surface area contributed by atoms with Gasteiger partial charge in [0.15, 0.2) is 0 Å². The first kappa shape index (κ1) is 18.7. The highest BCUT2D eigenvalue weighted by Gasteiger charge is 2.27. The molecule has 0 bridgehead atoms. The van der Waals surface area contributed by atoms with Crippen molar-refractivity contribution in [2.45, 2.75) is 25.7 Å². The van der Waals surface area contributed by atoms with E-state index in [0.29, 0.717) is 33.3 Å². The van der Waals surface area contributed by atoms with Gasteiger partial charge in [0.05, 0.1) is 23.0 Å². The Kier molecular flexibility index (Phi) is 4.71. The van der Waals surface area contributed by atoms with Crippen LogP contribution < -0.4 is 5.56 Å². The van der Waals surface area contributed by atoms with E-state index < -0.39 is 0 Å². The topological polar surface area (TPSA) is 83.9 Å². The third-order valence-corrected chi connectivity index (χ3v) is 6.70. The van der Waals surface area contributed by atoms with Gasteiger partial charge in [0.1, 0.15) is 4.70 Å². The fourth-order valence-corrected chi connectivity index (χ4v) is 4.83. The molecule has 1 fully saturated rings. The second kappa shape index (κ2) is 7.53. The monoisotopic (exact) mass is 419 g/mol. The summed E-state index contributed by atoms with van der Waals surface area (Å²) < 4.78 is 2.11. The number of nitrogens with zero attached hydrogens (tertiary/aromatic N) is 4. The predicted octanol–water partition coefficient (Wildman–Crippen LogP) is 3.50. The molecule has 1 N–H and O–H groups in total. The lowest BCUT2D eigenvalue weighted by atomic mass is 9.89. The Labute approximate surface area is 177 Å². The first-order valence-corrected chi connectivity index (χ1v) is 10.9. The van der Waals surface area contributed by atoms with Crippen LogP contribution in [0.3, 0.4) is 0 Å². The second-order valence-electron chi connectivity index (χ2n) is 7.56. The van der Waals surface area contributed by atoms with E-state index in [-0.39, 0.29) is 11.5 Å². The number of hydrogen-bond acceptors (Lipinski definition) is 5. The van der Waals surface area contributed by atoms with Gasteiger partial charge in [-0.1, -0.05) is 30.3 Å². The van der Waals surface area contributed by atoms with Crippen LogP contribution >= 0.6 is 11.3 Å². The number of benzene rings is 1. The molecule has 0 atom stereocenters. The Morgan fingerprint density at radius 1 is 1.17 bits per heavy atom. The van der Waals surface area contributed by atoms with E-state index in [1.807, 2.05) is 23.3 Å². The lowest BCUT2D eigenvalue weighted by molar-refractivity contribution is 0.0712. The van der Waals surface area contributed by atoms with Crippen LogP contribution in [0.4, 0.5) is 0 Å². The van der Waals surface area contributed by atoms with Gasteiger partial charge in [-0.05, 0) is 42.7 Å². The summed E-state index contributed by atoms with van der Waals surface area (Å²) in [5.41, 5.74) is 2.98. The van der Waals surface area contributed by atoms with E-state index in [4.69, 9.17) is 0 Å². The van der Waals surface area contributed by atoms with E-state index in [0.717, 1.165) is 25.9 Å². The van der Waals surface area contributed by atoms with Crippen LogP contribution in [0.25, 0.3) is 16.2 Å². The van der Waals surface area contributed by atoms with Crippen LogP contribution in [-0.2, 0) is 0 Å². The number of carbonyl (C=O) groups excluding carboxylic acids is 1. The van der Waals surface area contributed by atoms with Crippen molar-refractivity contribution in [3.63, 3.8) is 0 Å². The van der Waals surface area contributed by atoms with Crippen molar-refractivity contribution in [2.24, 2.45) is 0 Å². The number of likely N-dealkylation sites (tertiary alicyclic amines) is 1. The van der Waals surface area contributed by atoms with E-state index >= 15 is 0 Å². The van der Waals surface area contributed by atoms with E-state index in [1.54, 1.807) is 12.3 Å². The first-order chi connectivity index (χ1) is 14.6. The number of piperidine rings is 1. The first-order valence-electron chi connectivity index (χ1n) is 9.98. The molecule has 1 aromatic carbocycles. The normalized spacial score (nSPS) is 15.0. The minimum atomic E-state index is -0.198. The van der Waals surface area contributed by atoms with Crippen molar-refractivity contribution < 1.29 is 4.79 Å². The molecule has 1 amide bonds. The maximum absolute atomic E-state index is 13.1. The summed E-state index contributed by atoms with van der Waals surface area (Å²) in [5.74, 6) is 0.792. The zero-order valence-electron chi connectivity index (χ0n) is 16.5. The average Bonchev–Trinajstić information content (AvgIpc) is 3.41. The van der Waals surface area contributed by atoms with Crippen LogP contribution in [0.1, 0.15) is 40.4 Å². The number of aromatic amines is 1. The van der Waals surface area contributed by atoms with Gasteiger partial charge in [-0.2, -0.15) is 5.10 Å². The number of nitrogens with one attached hydrogen (secondary N) is 1. The molecular formula is C22H21N5O2S. The van der Waals surface area contributed by atoms with Crippen LogP contribution in [0, 0.1) is 6.92 Å². The van der Waals surface area contributed by atoms with Gasteiger partial charge >= 0.3 is 0 Å². The second-order valence-corrected chi connectivity index (χ2v) is 8.47. The third kappa shape index (κ3) is 3.23. The molecule has 30 heavy (non-hydrogen) atoms. The Morgan fingerprint density at radius 2 is 1.93 bits per heavy atom. The van der Waals surface area contributed by atoms with Crippen LogP contribution in [0.15, 0.2) is 52.8 Å². The third-order valence-electron chi connectivity index (χ3n) is 5.80. The lowest BCUT2D eigenvalue weighted by Crippen LogP contribution is -2.38. The Balaban J connectivity index is 1.36. The molecule has 0 aliphatic carbocycles. The van der Waals surface area contributed by atoms with Gasteiger partial charge in [0.25, 0.3) is 11.5 Å². The maximum atomic E-state index is 13.1. The molecule has 0 radical (unpaired) electrons. The number of aromatic nitrogens is 4. The highest BCUT2D eigenvalue weighted by Crippen LogP contribution is 2.29. The quantitative estimate of drug-likeness (QED) is 0.551. The van der Waals surface area contributed by atoms with Crippen molar-refractivity contribution in [3.05, 3.63) is 75.1 Å². The molecule has 7 nitrogen and oxygen atoms in total. The maximum Gasteiger partial charge on any atom is 0.270 e. The molecule has 0 spiro atoms. The van der Waals surface area contributed by atoms with Crippen LogP contribution in [0.2, 0.25) is 0 Å². The molecule has 0 saturated carbocycles. The number of carbonyl (C=O) groups is 1. The molecule has 0 unspecified atom stereocenters. The summed E-state index contributed by atoms with van der Waals surface area (Å²) in [6.07, 6.45) is 3.47. The smallest absolute Gasteiger partial charge is 0.270 e. The predicted molar refractivity (Wildman–Crippen MR) is 116 cm³/mol. The Morgan fingerprint density at radius 3 is 2.70 bits per heavy atom. The highest BCUT2D eigenvalue weighted by atomic mass is 32.1. The average molecular weight is 420 g/mol. The molecule has 8 heteroatoms. The zero-order valence-corrected chi connectivity index (χ0v) is 17.4. The minimum Gasteiger partial charge on any atom is -0.338 e. The number of hydrogen-bond donors (Lipinski definition) is 1. The Hall–Kier alpha value is -3.26. The number of thiophene rings is 1. The molecule has 5 rings (SSSR count). The fourth-order valence-electron chi connectivity index (χ4n) is 4.11. The van der Waals surface area contributed by atoms with Crippen molar-refractivity contribution in [1.29, 1.82) is 0 Å². The summed E-state index contributed by atoms with van der Waals surface area (Å²) in [4.78, 5) is 34.6. The molecule has 1 aliphatic heterocycles. The molecule has 152 valence electrons. The summed E-state index contributed by atoms with van der Waals surface area (Å²) in [6, 6.07) is 12.3. The molecular weight excluding hydrogens is 398 g/mol. The summed E-state index contributed by atoms with van der Waals surface area (Å²) in [7, 11) is 0. The van der Waals surface area contributed by atoms with Crippen molar-refractivity contribution in [3.8, 4) is 5.95 Å². The number of amides is 1. The Bertz CT molecular complexity index is 1270. The molecule has 1 aliphatic rings. The number of fused-ring (bicyclic) bond motifs is 1. The zero-order chi connectivity index (χ0) is 20.7. The lowest BCUT2D eigenvalue weighted by Gasteiger charge is -2.32. The molecule has 4 heterocycles.